The highest BCUT2D eigenvalue weighted by Gasteiger charge is 2.62. The molecule has 3 nitrogen and oxygen atoms in total. The third-order valence-corrected chi connectivity index (χ3v) is 14.7. The highest BCUT2D eigenvalue weighted by atomic mass is 16.3. The zero-order valence-corrected chi connectivity index (χ0v) is 35.6. The number of anilines is 6. The molecule has 9 aromatic carbocycles. The topological polar surface area (TPSA) is 19.6 Å². The van der Waals surface area contributed by atoms with Gasteiger partial charge in [-0.3, -0.25) is 0 Å². The summed E-state index contributed by atoms with van der Waals surface area (Å²) >= 11 is 0. The van der Waals surface area contributed by atoms with Crippen molar-refractivity contribution in [3.63, 3.8) is 0 Å². The van der Waals surface area contributed by atoms with Crippen LogP contribution in [0.15, 0.2) is 223 Å². The van der Waals surface area contributed by atoms with Crippen molar-refractivity contribution in [1.82, 2.24) is 0 Å². The van der Waals surface area contributed by atoms with Crippen molar-refractivity contribution < 1.29 is 4.42 Å². The molecule has 0 saturated heterocycles. The molecule has 13 rings (SSSR count). The van der Waals surface area contributed by atoms with E-state index in [0.717, 1.165) is 40.5 Å². The minimum absolute atomic E-state index is 0.198. The first-order chi connectivity index (χ1) is 31.8. The summed E-state index contributed by atoms with van der Waals surface area (Å²) in [6, 6.07) is 80.4. The summed E-state index contributed by atoms with van der Waals surface area (Å²) in [4.78, 5) is 5.15. The smallest absolute Gasteiger partial charge is 0.137 e. The highest BCUT2D eigenvalue weighted by molar-refractivity contribution is 6.07. The average molecular weight is 823 g/mol. The van der Waals surface area contributed by atoms with E-state index in [1.54, 1.807) is 0 Å². The van der Waals surface area contributed by atoms with Gasteiger partial charge in [0.2, 0.25) is 0 Å². The van der Waals surface area contributed by atoms with Crippen LogP contribution in [0.2, 0.25) is 0 Å². The number of para-hydroxylation sites is 4. The predicted molar refractivity (Wildman–Crippen MR) is 265 cm³/mol. The standard InChI is InChI=1S/C61H46N2O/c1-5-18-41(19-6-1)50-29-17-30-51(42-20-7-2-8-21-42)60(50)63(49-36-37-53-52-28-13-14-33-56(52)64-57(53)40-49)55-32-16-23-44-39-46-35-34-45-38-43-22-15-31-54(58(43)61(45,46)59(44)55)62(47-24-9-3-10-25-47)48-26-11-4-12-27-48/h1-33,36-37,40,45-46H,34-35,38-39H2. The van der Waals surface area contributed by atoms with Crippen LogP contribution in [0.5, 0.6) is 0 Å². The Bertz CT molecular complexity index is 3250. The minimum Gasteiger partial charge on any atom is -0.456 e. The Kier molecular flexibility index (Phi) is 8.52. The Balaban J connectivity index is 1.13. The van der Waals surface area contributed by atoms with Gasteiger partial charge in [0, 0.05) is 50.4 Å². The average Bonchev–Trinajstić information content (AvgIpc) is 4.10. The Labute approximate surface area is 374 Å². The fourth-order valence-electron chi connectivity index (χ4n) is 12.3. The Morgan fingerprint density at radius 3 is 1.45 bits per heavy atom. The predicted octanol–water partition coefficient (Wildman–Crippen LogP) is 16.3. The second kappa shape index (κ2) is 14.7. The van der Waals surface area contributed by atoms with E-state index in [4.69, 9.17) is 4.42 Å². The Morgan fingerprint density at radius 2 is 0.875 bits per heavy atom. The largest absolute Gasteiger partial charge is 0.456 e. The molecule has 1 spiro atoms. The Morgan fingerprint density at radius 1 is 0.391 bits per heavy atom. The molecule has 0 bridgehead atoms. The zero-order valence-electron chi connectivity index (χ0n) is 35.6. The SMILES string of the molecule is c1ccc(-c2cccc(-c3ccccc3)c2N(c2ccc3c(c2)oc2ccccc23)c2cccc3c2C24c5c(cccc5N(c5ccccc5)c5ccccc5)CC2CCC4C3)cc1. The fourth-order valence-corrected chi connectivity index (χ4v) is 12.3. The molecule has 1 fully saturated rings. The van der Waals surface area contributed by atoms with Gasteiger partial charge in [-0.25, -0.2) is 0 Å². The van der Waals surface area contributed by atoms with Gasteiger partial charge in [-0.1, -0.05) is 158 Å². The van der Waals surface area contributed by atoms with Gasteiger partial charge in [-0.2, -0.15) is 0 Å². The molecule has 1 aromatic heterocycles. The van der Waals surface area contributed by atoms with Crippen molar-refractivity contribution in [2.75, 3.05) is 9.80 Å². The molecule has 10 aromatic rings. The van der Waals surface area contributed by atoms with E-state index in [-0.39, 0.29) is 5.41 Å². The molecule has 3 unspecified atom stereocenters. The van der Waals surface area contributed by atoms with Crippen molar-refractivity contribution in [1.29, 1.82) is 0 Å². The number of fused-ring (bicyclic) bond motifs is 5. The van der Waals surface area contributed by atoms with Gasteiger partial charge in [-0.15, -0.1) is 0 Å². The maximum atomic E-state index is 6.72. The number of benzene rings is 9. The molecular formula is C61H46N2O. The summed E-state index contributed by atoms with van der Waals surface area (Å²) in [6.45, 7) is 0. The van der Waals surface area contributed by atoms with E-state index < -0.39 is 0 Å². The van der Waals surface area contributed by atoms with Gasteiger partial charge in [0.25, 0.3) is 0 Å². The molecule has 3 aliphatic rings. The van der Waals surface area contributed by atoms with Crippen LogP contribution in [0.3, 0.4) is 0 Å². The van der Waals surface area contributed by atoms with E-state index >= 15 is 0 Å². The third kappa shape index (κ3) is 5.53. The van der Waals surface area contributed by atoms with Crippen molar-refractivity contribution in [2.45, 2.75) is 31.1 Å². The second-order valence-electron chi connectivity index (χ2n) is 17.9. The monoisotopic (exact) mass is 822 g/mol. The van der Waals surface area contributed by atoms with Gasteiger partial charge in [0.1, 0.15) is 11.2 Å². The molecule has 1 saturated carbocycles. The van der Waals surface area contributed by atoms with E-state index in [9.17, 15) is 0 Å². The van der Waals surface area contributed by atoms with Gasteiger partial charge in [-0.05, 0) is 125 Å². The first kappa shape index (κ1) is 37.0. The molecular weight excluding hydrogens is 777 g/mol. The van der Waals surface area contributed by atoms with E-state index in [0.29, 0.717) is 11.8 Å². The van der Waals surface area contributed by atoms with Gasteiger partial charge >= 0.3 is 0 Å². The maximum Gasteiger partial charge on any atom is 0.137 e. The quantitative estimate of drug-likeness (QED) is 0.152. The molecule has 0 N–H and O–H groups in total. The van der Waals surface area contributed by atoms with Crippen LogP contribution in [0, 0.1) is 11.8 Å². The van der Waals surface area contributed by atoms with Crippen LogP contribution in [0.1, 0.15) is 35.1 Å². The zero-order chi connectivity index (χ0) is 42.2. The van der Waals surface area contributed by atoms with Crippen molar-refractivity contribution in [2.24, 2.45) is 11.8 Å². The number of nitrogens with zero attached hydrogens (tertiary/aromatic N) is 2. The second-order valence-corrected chi connectivity index (χ2v) is 17.9. The number of hydrogen-bond acceptors (Lipinski definition) is 3. The lowest BCUT2D eigenvalue weighted by atomic mass is 9.68. The first-order valence-electron chi connectivity index (χ1n) is 22.9. The van der Waals surface area contributed by atoms with Crippen LogP contribution in [-0.4, -0.2) is 0 Å². The van der Waals surface area contributed by atoms with Crippen molar-refractivity contribution in [3.8, 4) is 22.3 Å². The summed E-state index contributed by atoms with van der Waals surface area (Å²) in [7, 11) is 0. The molecule has 3 aliphatic carbocycles. The summed E-state index contributed by atoms with van der Waals surface area (Å²) in [5, 5.41) is 2.26. The van der Waals surface area contributed by atoms with E-state index in [1.807, 2.05) is 0 Å². The van der Waals surface area contributed by atoms with Crippen LogP contribution in [0.25, 0.3) is 44.2 Å². The lowest BCUT2D eigenvalue weighted by molar-refractivity contribution is 0.350. The van der Waals surface area contributed by atoms with Crippen LogP contribution < -0.4 is 9.80 Å². The molecule has 3 heteroatoms. The van der Waals surface area contributed by atoms with Crippen LogP contribution >= 0.6 is 0 Å². The normalized spacial score (nSPS) is 18.1. The molecule has 64 heavy (non-hydrogen) atoms. The molecule has 1 heterocycles. The van der Waals surface area contributed by atoms with Crippen LogP contribution in [0.4, 0.5) is 34.1 Å². The first-order valence-corrected chi connectivity index (χ1v) is 22.9. The summed E-state index contributed by atoms with van der Waals surface area (Å²) in [6.07, 6.45) is 4.56. The van der Waals surface area contributed by atoms with E-state index in [1.165, 1.54) is 85.8 Å². The third-order valence-electron chi connectivity index (χ3n) is 14.7. The summed E-state index contributed by atoms with van der Waals surface area (Å²) in [5.74, 6) is 0.948. The molecule has 3 atom stereocenters. The lowest BCUT2D eigenvalue weighted by Crippen LogP contribution is -2.34. The molecule has 0 radical (unpaired) electrons. The minimum atomic E-state index is -0.198. The number of furan rings is 1. The van der Waals surface area contributed by atoms with Gasteiger partial charge in [0.15, 0.2) is 0 Å². The lowest BCUT2D eigenvalue weighted by Gasteiger charge is -2.40. The molecule has 0 aliphatic heterocycles. The van der Waals surface area contributed by atoms with Crippen molar-refractivity contribution in [3.05, 3.63) is 241 Å². The fraction of sp³-hybridized carbons (Fsp3) is 0.115. The summed E-state index contributed by atoms with van der Waals surface area (Å²) < 4.78 is 6.72. The van der Waals surface area contributed by atoms with Crippen LogP contribution in [-0.2, 0) is 18.3 Å². The maximum absolute atomic E-state index is 6.72. The molecule has 306 valence electrons. The highest BCUT2D eigenvalue weighted by Crippen LogP contribution is 2.69. The van der Waals surface area contributed by atoms with E-state index in [2.05, 4.69) is 228 Å². The summed E-state index contributed by atoms with van der Waals surface area (Å²) in [5.41, 5.74) is 19.4. The van der Waals surface area contributed by atoms with Gasteiger partial charge in [0.05, 0.1) is 17.1 Å². The Hall–Kier alpha value is -7.62. The number of hydrogen-bond donors (Lipinski definition) is 0. The van der Waals surface area contributed by atoms with Gasteiger partial charge < -0.3 is 14.2 Å². The van der Waals surface area contributed by atoms with Crippen molar-refractivity contribution >= 4 is 56.1 Å². The number of rotatable bonds is 8. The molecule has 0 amide bonds.